The van der Waals surface area contributed by atoms with Crippen LogP contribution >= 0.6 is 11.3 Å². The number of rotatable bonds is 3. The highest BCUT2D eigenvalue weighted by atomic mass is 32.1. The zero-order valence-electron chi connectivity index (χ0n) is 26.2. The summed E-state index contributed by atoms with van der Waals surface area (Å²) in [6.07, 6.45) is 0. The number of furan rings is 2. The predicted octanol–water partition coefficient (Wildman–Crippen LogP) is 14.0. The highest BCUT2D eigenvalue weighted by molar-refractivity contribution is 7.25. The lowest BCUT2D eigenvalue weighted by molar-refractivity contribution is 0.631. The molecule has 0 saturated carbocycles. The monoisotopic (exact) mass is 642 g/mol. The molecule has 3 heterocycles. The van der Waals surface area contributed by atoms with Crippen LogP contribution in [0, 0.1) is 0 Å². The summed E-state index contributed by atoms with van der Waals surface area (Å²) in [5.41, 5.74) is 8.54. The Labute approximate surface area is 285 Å². The maximum Gasteiger partial charge on any atom is 0.146 e. The molecule has 0 bridgehead atoms. The molecule has 0 aliphatic heterocycles. The molecule has 49 heavy (non-hydrogen) atoms. The Balaban J connectivity index is 1.24. The van der Waals surface area contributed by atoms with Crippen molar-refractivity contribution in [2.75, 3.05) is 0 Å². The fraction of sp³-hybridized carbons (Fsp3) is 0. The van der Waals surface area contributed by atoms with Crippen LogP contribution in [0.3, 0.4) is 0 Å². The second-order valence-electron chi connectivity index (χ2n) is 12.7. The van der Waals surface area contributed by atoms with Crippen molar-refractivity contribution in [3.8, 4) is 33.6 Å². The molecule has 0 unspecified atom stereocenters. The molecule has 0 saturated heterocycles. The minimum atomic E-state index is 0.822. The van der Waals surface area contributed by atoms with Crippen molar-refractivity contribution < 1.29 is 8.83 Å². The van der Waals surface area contributed by atoms with E-state index in [4.69, 9.17) is 8.83 Å². The number of hydrogen-bond acceptors (Lipinski definition) is 3. The van der Waals surface area contributed by atoms with Crippen LogP contribution in [0.25, 0.3) is 108 Å². The summed E-state index contributed by atoms with van der Waals surface area (Å²) in [6.45, 7) is 0. The quantitative estimate of drug-likeness (QED) is 0.179. The molecular weight excluding hydrogens is 617 g/mol. The Kier molecular flexibility index (Phi) is 5.57. The summed E-state index contributed by atoms with van der Waals surface area (Å²) in [5.74, 6) is 0.838. The van der Waals surface area contributed by atoms with Gasteiger partial charge in [0.15, 0.2) is 0 Å². The average molecular weight is 643 g/mol. The molecule has 0 N–H and O–H groups in total. The van der Waals surface area contributed by atoms with Gasteiger partial charge in [-0.2, -0.15) is 0 Å². The lowest BCUT2D eigenvalue weighted by Gasteiger charge is -2.19. The first kappa shape index (κ1) is 26.9. The van der Waals surface area contributed by atoms with Crippen LogP contribution in [0.1, 0.15) is 0 Å². The zero-order valence-corrected chi connectivity index (χ0v) is 27.1. The van der Waals surface area contributed by atoms with Crippen molar-refractivity contribution in [3.63, 3.8) is 0 Å². The van der Waals surface area contributed by atoms with Crippen molar-refractivity contribution >= 4 is 86.0 Å². The van der Waals surface area contributed by atoms with Crippen LogP contribution in [-0.4, -0.2) is 0 Å². The third-order valence-corrected chi connectivity index (χ3v) is 11.2. The number of benzene rings is 8. The van der Waals surface area contributed by atoms with Crippen LogP contribution in [0.5, 0.6) is 0 Å². The molecule has 0 atom stereocenters. The lowest BCUT2D eigenvalue weighted by atomic mass is 9.84. The molecule has 0 amide bonds. The van der Waals surface area contributed by atoms with Gasteiger partial charge in [-0.15, -0.1) is 11.3 Å². The van der Waals surface area contributed by atoms with Gasteiger partial charge in [0, 0.05) is 36.5 Å². The maximum atomic E-state index is 6.72. The third kappa shape index (κ3) is 3.82. The first-order chi connectivity index (χ1) is 24.3. The summed E-state index contributed by atoms with van der Waals surface area (Å²) < 4.78 is 15.7. The Hall–Kier alpha value is -6.16. The molecule has 228 valence electrons. The SMILES string of the molecule is c1ccc(-c2cc3c(ccc4c3oc3cccc(-c5c6ccccc6c(-c6cccc7sc8ccccc8c67)c6ccccc56)c34)o2)cc1. The zero-order chi connectivity index (χ0) is 32.1. The van der Waals surface area contributed by atoms with Gasteiger partial charge in [-0.3, -0.25) is 0 Å². The number of hydrogen-bond donors (Lipinski definition) is 0. The van der Waals surface area contributed by atoms with E-state index in [-0.39, 0.29) is 0 Å². The van der Waals surface area contributed by atoms with Crippen molar-refractivity contribution in [3.05, 3.63) is 158 Å². The van der Waals surface area contributed by atoms with Crippen molar-refractivity contribution in [2.45, 2.75) is 0 Å². The molecule has 8 aromatic carbocycles. The second kappa shape index (κ2) is 10.2. The van der Waals surface area contributed by atoms with Gasteiger partial charge in [0.05, 0.1) is 5.39 Å². The molecule has 11 rings (SSSR count). The molecular formula is C46H26O2S. The van der Waals surface area contributed by atoms with Crippen LogP contribution < -0.4 is 0 Å². The fourth-order valence-corrected chi connectivity index (χ4v) is 9.17. The van der Waals surface area contributed by atoms with E-state index in [0.717, 1.165) is 44.2 Å². The molecule has 3 heteroatoms. The van der Waals surface area contributed by atoms with Crippen LogP contribution in [0.15, 0.2) is 167 Å². The van der Waals surface area contributed by atoms with Crippen molar-refractivity contribution in [2.24, 2.45) is 0 Å². The summed E-state index contributed by atoms with van der Waals surface area (Å²) in [5, 5.41) is 10.8. The van der Waals surface area contributed by atoms with Gasteiger partial charge in [-0.05, 0) is 80.2 Å². The molecule has 0 fully saturated rings. The standard InChI is InChI=1S/C46H26O2S/c1-2-12-27(13-3-1)39-26-36-37(47-39)25-24-35-44-33(19-10-21-38(44)48-46(35)36)42-28-14-4-6-16-30(28)43(31-17-7-5-15-29(31)42)34-20-11-23-41-45(34)32-18-8-9-22-40(32)49-41/h1-26H. The summed E-state index contributed by atoms with van der Waals surface area (Å²) in [7, 11) is 0. The summed E-state index contributed by atoms with van der Waals surface area (Å²) in [6, 6.07) is 56.5. The molecule has 0 aliphatic rings. The van der Waals surface area contributed by atoms with Gasteiger partial charge in [-0.25, -0.2) is 0 Å². The lowest BCUT2D eigenvalue weighted by Crippen LogP contribution is -1.91. The molecule has 11 aromatic rings. The van der Waals surface area contributed by atoms with E-state index in [1.165, 1.54) is 64.0 Å². The Morgan fingerprint density at radius 3 is 1.67 bits per heavy atom. The topological polar surface area (TPSA) is 26.3 Å². The van der Waals surface area contributed by atoms with Crippen LogP contribution in [0.4, 0.5) is 0 Å². The normalized spacial score (nSPS) is 12.1. The first-order valence-corrected chi connectivity index (χ1v) is 17.4. The van der Waals surface area contributed by atoms with Crippen molar-refractivity contribution in [1.29, 1.82) is 0 Å². The molecule has 0 spiro atoms. The molecule has 0 radical (unpaired) electrons. The van der Waals surface area contributed by atoms with Gasteiger partial charge < -0.3 is 8.83 Å². The molecule has 3 aromatic heterocycles. The maximum absolute atomic E-state index is 6.72. The minimum absolute atomic E-state index is 0.822. The van der Waals surface area contributed by atoms with E-state index >= 15 is 0 Å². The largest absolute Gasteiger partial charge is 0.456 e. The van der Waals surface area contributed by atoms with Gasteiger partial charge in [0.1, 0.15) is 22.5 Å². The highest BCUT2D eigenvalue weighted by Gasteiger charge is 2.23. The number of thiophene rings is 1. The Morgan fingerprint density at radius 1 is 0.367 bits per heavy atom. The van der Waals surface area contributed by atoms with Crippen molar-refractivity contribution in [1.82, 2.24) is 0 Å². The minimum Gasteiger partial charge on any atom is -0.456 e. The first-order valence-electron chi connectivity index (χ1n) is 16.6. The van der Waals surface area contributed by atoms with E-state index < -0.39 is 0 Å². The van der Waals surface area contributed by atoms with Crippen LogP contribution in [-0.2, 0) is 0 Å². The average Bonchev–Trinajstić information content (AvgIpc) is 3.88. The smallest absolute Gasteiger partial charge is 0.146 e. The van der Waals surface area contributed by atoms with Gasteiger partial charge in [-0.1, -0.05) is 121 Å². The van der Waals surface area contributed by atoms with E-state index in [0.29, 0.717) is 0 Å². The number of fused-ring (bicyclic) bond motifs is 10. The summed E-state index contributed by atoms with van der Waals surface area (Å²) in [4.78, 5) is 0. The summed E-state index contributed by atoms with van der Waals surface area (Å²) >= 11 is 1.87. The van der Waals surface area contributed by atoms with Crippen LogP contribution in [0.2, 0.25) is 0 Å². The molecule has 2 nitrogen and oxygen atoms in total. The van der Waals surface area contributed by atoms with E-state index in [1.807, 2.05) is 29.5 Å². The van der Waals surface area contributed by atoms with E-state index in [1.54, 1.807) is 0 Å². The highest BCUT2D eigenvalue weighted by Crippen LogP contribution is 2.50. The fourth-order valence-electron chi connectivity index (χ4n) is 8.04. The van der Waals surface area contributed by atoms with E-state index in [2.05, 4.69) is 140 Å². The Morgan fingerprint density at radius 2 is 0.959 bits per heavy atom. The van der Waals surface area contributed by atoms with Gasteiger partial charge >= 0.3 is 0 Å². The third-order valence-electron chi connectivity index (χ3n) is 10.1. The Bertz CT molecular complexity index is 3050. The van der Waals surface area contributed by atoms with Gasteiger partial charge in [0.25, 0.3) is 0 Å². The second-order valence-corrected chi connectivity index (χ2v) is 13.8. The molecule has 0 aliphatic carbocycles. The van der Waals surface area contributed by atoms with E-state index in [9.17, 15) is 0 Å². The van der Waals surface area contributed by atoms with Gasteiger partial charge in [0.2, 0.25) is 0 Å². The predicted molar refractivity (Wildman–Crippen MR) is 208 cm³/mol.